The summed E-state index contributed by atoms with van der Waals surface area (Å²) in [5, 5.41) is 9.06. The normalized spacial score (nSPS) is 12.6. The first-order chi connectivity index (χ1) is 15.6. The van der Waals surface area contributed by atoms with Crippen molar-refractivity contribution in [2.75, 3.05) is 0 Å². The van der Waals surface area contributed by atoms with Crippen molar-refractivity contribution in [2.24, 2.45) is 0 Å². The SMILES string of the molecule is CCCCC/C=C\C/C=C\CCCCCCCC(=O)OC(CCCCCCC)CC(=O)O. The van der Waals surface area contributed by atoms with Crippen molar-refractivity contribution < 1.29 is 19.4 Å². The minimum atomic E-state index is -0.895. The summed E-state index contributed by atoms with van der Waals surface area (Å²) in [6, 6.07) is 0. The van der Waals surface area contributed by atoms with Gasteiger partial charge in [-0.05, 0) is 51.4 Å². The molecule has 0 radical (unpaired) electrons. The predicted molar refractivity (Wildman–Crippen MR) is 135 cm³/mol. The van der Waals surface area contributed by atoms with Crippen LogP contribution in [0.2, 0.25) is 0 Å². The summed E-state index contributed by atoms with van der Waals surface area (Å²) >= 11 is 0. The van der Waals surface area contributed by atoms with E-state index in [-0.39, 0.29) is 12.4 Å². The smallest absolute Gasteiger partial charge is 0.307 e. The molecule has 0 aromatic rings. The lowest BCUT2D eigenvalue weighted by atomic mass is 10.1. The topological polar surface area (TPSA) is 63.6 Å². The Morgan fingerprint density at radius 3 is 1.91 bits per heavy atom. The fraction of sp³-hybridized carbons (Fsp3) is 0.786. The van der Waals surface area contributed by atoms with E-state index in [1.165, 1.54) is 51.4 Å². The van der Waals surface area contributed by atoms with Gasteiger partial charge < -0.3 is 9.84 Å². The van der Waals surface area contributed by atoms with Crippen molar-refractivity contribution in [3.63, 3.8) is 0 Å². The van der Waals surface area contributed by atoms with Gasteiger partial charge in [-0.2, -0.15) is 0 Å². The van der Waals surface area contributed by atoms with Crippen molar-refractivity contribution in [3.05, 3.63) is 24.3 Å². The Bertz CT molecular complexity index is 496. The van der Waals surface area contributed by atoms with Crippen LogP contribution in [0.3, 0.4) is 0 Å². The molecule has 0 bridgehead atoms. The number of aliphatic carboxylic acids is 1. The third kappa shape index (κ3) is 23.1. The average molecular weight is 451 g/mol. The Balaban J connectivity index is 3.70. The van der Waals surface area contributed by atoms with Gasteiger partial charge in [0.1, 0.15) is 6.10 Å². The lowest BCUT2D eigenvalue weighted by Gasteiger charge is -2.16. The fourth-order valence-corrected chi connectivity index (χ4v) is 3.70. The van der Waals surface area contributed by atoms with Crippen LogP contribution >= 0.6 is 0 Å². The number of carboxylic acid groups (broad SMARTS) is 1. The summed E-state index contributed by atoms with van der Waals surface area (Å²) in [5.41, 5.74) is 0. The summed E-state index contributed by atoms with van der Waals surface area (Å²) < 4.78 is 5.45. The molecule has 1 unspecified atom stereocenters. The van der Waals surface area contributed by atoms with Gasteiger partial charge in [0.05, 0.1) is 6.42 Å². The van der Waals surface area contributed by atoms with Gasteiger partial charge in [-0.15, -0.1) is 0 Å². The molecular formula is C28H50O4. The Labute approximate surface area is 197 Å². The molecule has 0 spiro atoms. The lowest BCUT2D eigenvalue weighted by Crippen LogP contribution is -2.21. The van der Waals surface area contributed by atoms with E-state index in [1.807, 2.05) is 0 Å². The zero-order valence-electron chi connectivity index (χ0n) is 21.0. The zero-order chi connectivity index (χ0) is 23.7. The number of allylic oxidation sites excluding steroid dienone is 4. The zero-order valence-corrected chi connectivity index (χ0v) is 21.0. The van der Waals surface area contributed by atoms with Crippen LogP contribution in [0.5, 0.6) is 0 Å². The second-order valence-corrected chi connectivity index (χ2v) is 8.89. The molecule has 0 fully saturated rings. The van der Waals surface area contributed by atoms with Crippen LogP contribution in [-0.2, 0) is 14.3 Å². The van der Waals surface area contributed by atoms with Crippen LogP contribution in [0, 0.1) is 0 Å². The second kappa shape index (κ2) is 24.1. The minimum absolute atomic E-state index is 0.0817. The molecule has 4 nitrogen and oxygen atoms in total. The summed E-state index contributed by atoms with van der Waals surface area (Å²) in [6.07, 6.45) is 27.8. The molecule has 0 aliphatic heterocycles. The number of rotatable bonds is 23. The molecule has 0 saturated carbocycles. The molecule has 0 aromatic carbocycles. The van der Waals surface area contributed by atoms with Crippen molar-refractivity contribution >= 4 is 11.9 Å². The lowest BCUT2D eigenvalue weighted by molar-refractivity contribution is -0.153. The number of carboxylic acids is 1. The maximum atomic E-state index is 12.1. The standard InChI is InChI=1S/C28H50O4/c1-3-5-7-9-10-11-12-13-14-15-16-17-18-20-22-24-28(31)32-26(25-27(29)30)23-21-19-8-6-4-2/h10-11,13-14,26H,3-9,12,15-25H2,1-2H3,(H,29,30)/b11-10-,14-13-. The van der Waals surface area contributed by atoms with Crippen molar-refractivity contribution in [3.8, 4) is 0 Å². The number of ether oxygens (including phenoxy) is 1. The van der Waals surface area contributed by atoms with E-state index < -0.39 is 12.1 Å². The molecule has 0 aromatic heterocycles. The largest absolute Gasteiger partial charge is 0.481 e. The summed E-state index contributed by atoms with van der Waals surface area (Å²) in [5.74, 6) is -1.14. The molecule has 4 heteroatoms. The van der Waals surface area contributed by atoms with Gasteiger partial charge in [0.25, 0.3) is 0 Å². The van der Waals surface area contributed by atoms with Crippen LogP contribution in [0.4, 0.5) is 0 Å². The number of carbonyl (C=O) groups excluding carboxylic acids is 1. The van der Waals surface area contributed by atoms with Gasteiger partial charge in [-0.3, -0.25) is 9.59 Å². The van der Waals surface area contributed by atoms with E-state index in [1.54, 1.807) is 0 Å². The Hall–Kier alpha value is -1.58. The molecule has 0 amide bonds. The number of hydrogen-bond donors (Lipinski definition) is 1. The van der Waals surface area contributed by atoms with E-state index in [2.05, 4.69) is 38.2 Å². The monoisotopic (exact) mass is 450 g/mol. The van der Waals surface area contributed by atoms with Gasteiger partial charge in [0.15, 0.2) is 0 Å². The van der Waals surface area contributed by atoms with E-state index in [0.717, 1.165) is 51.4 Å². The van der Waals surface area contributed by atoms with E-state index in [4.69, 9.17) is 9.84 Å². The summed E-state index contributed by atoms with van der Waals surface area (Å²) in [4.78, 5) is 23.1. The number of unbranched alkanes of at least 4 members (excludes halogenated alkanes) is 12. The first-order valence-corrected chi connectivity index (χ1v) is 13.3. The van der Waals surface area contributed by atoms with Gasteiger partial charge in [-0.1, -0.05) is 95.9 Å². The van der Waals surface area contributed by atoms with Crippen molar-refractivity contribution in [1.82, 2.24) is 0 Å². The van der Waals surface area contributed by atoms with E-state index in [0.29, 0.717) is 12.8 Å². The highest BCUT2D eigenvalue weighted by molar-refractivity contribution is 5.71. The molecule has 0 rings (SSSR count). The highest BCUT2D eigenvalue weighted by Gasteiger charge is 2.17. The molecule has 0 saturated heterocycles. The Kier molecular flexibility index (Phi) is 22.9. The third-order valence-corrected chi connectivity index (χ3v) is 5.66. The highest BCUT2D eigenvalue weighted by atomic mass is 16.5. The summed E-state index contributed by atoms with van der Waals surface area (Å²) in [6.45, 7) is 4.40. The van der Waals surface area contributed by atoms with Crippen molar-refractivity contribution in [2.45, 2.75) is 142 Å². The van der Waals surface area contributed by atoms with E-state index >= 15 is 0 Å². The molecule has 32 heavy (non-hydrogen) atoms. The van der Waals surface area contributed by atoms with Crippen LogP contribution in [0.15, 0.2) is 24.3 Å². The van der Waals surface area contributed by atoms with Crippen LogP contribution in [-0.4, -0.2) is 23.1 Å². The Morgan fingerprint density at radius 2 is 1.25 bits per heavy atom. The van der Waals surface area contributed by atoms with E-state index in [9.17, 15) is 9.59 Å². The van der Waals surface area contributed by atoms with Gasteiger partial charge in [-0.25, -0.2) is 0 Å². The predicted octanol–water partition coefficient (Wildman–Crippen LogP) is 8.55. The van der Waals surface area contributed by atoms with Crippen LogP contribution < -0.4 is 0 Å². The Morgan fingerprint density at radius 1 is 0.719 bits per heavy atom. The number of esters is 1. The van der Waals surface area contributed by atoms with Crippen LogP contribution in [0.25, 0.3) is 0 Å². The third-order valence-electron chi connectivity index (χ3n) is 5.66. The molecule has 0 aliphatic rings. The maximum Gasteiger partial charge on any atom is 0.307 e. The van der Waals surface area contributed by atoms with Crippen LogP contribution in [0.1, 0.15) is 136 Å². The minimum Gasteiger partial charge on any atom is -0.481 e. The van der Waals surface area contributed by atoms with Gasteiger partial charge in [0, 0.05) is 6.42 Å². The number of hydrogen-bond acceptors (Lipinski definition) is 3. The molecule has 1 N–H and O–H groups in total. The maximum absolute atomic E-state index is 12.1. The molecule has 1 atom stereocenters. The molecule has 186 valence electrons. The molecule has 0 aliphatic carbocycles. The van der Waals surface area contributed by atoms with Gasteiger partial charge >= 0.3 is 11.9 Å². The summed E-state index contributed by atoms with van der Waals surface area (Å²) in [7, 11) is 0. The number of carbonyl (C=O) groups is 2. The highest BCUT2D eigenvalue weighted by Crippen LogP contribution is 2.15. The quantitative estimate of drug-likeness (QED) is 0.0962. The van der Waals surface area contributed by atoms with Crippen molar-refractivity contribution in [1.29, 1.82) is 0 Å². The molecular weight excluding hydrogens is 400 g/mol. The fourth-order valence-electron chi connectivity index (χ4n) is 3.70. The molecule has 0 heterocycles. The second-order valence-electron chi connectivity index (χ2n) is 8.89. The average Bonchev–Trinajstić information content (AvgIpc) is 2.75. The first-order valence-electron chi connectivity index (χ1n) is 13.3. The van der Waals surface area contributed by atoms with Gasteiger partial charge in [0.2, 0.25) is 0 Å². The first kappa shape index (κ1) is 30.4.